The van der Waals surface area contributed by atoms with Crippen LogP contribution in [0.2, 0.25) is 0 Å². The number of hydrogen-bond acceptors (Lipinski definition) is 2. The summed E-state index contributed by atoms with van der Waals surface area (Å²) in [5.74, 6) is -0.331. The van der Waals surface area contributed by atoms with Crippen molar-refractivity contribution in [3.8, 4) is 5.75 Å². The summed E-state index contributed by atoms with van der Waals surface area (Å²) in [6, 6.07) is 10.2. The molecule has 0 saturated heterocycles. The smallest absolute Gasteiger partial charge is 0.244 e. The van der Waals surface area contributed by atoms with Crippen molar-refractivity contribution >= 4 is 12.0 Å². The minimum atomic E-state index is -0.338. The lowest BCUT2D eigenvalue weighted by Gasteiger charge is -2.27. The van der Waals surface area contributed by atoms with Gasteiger partial charge in [0.2, 0.25) is 5.91 Å². The van der Waals surface area contributed by atoms with Crippen molar-refractivity contribution in [1.82, 2.24) is 5.32 Å². The van der Waals surface area contributed by atoms with E-state index in [0.717, 1.165) is 16.7 Å². The molecule has 0 aromatic heterocycles. The van der Waals surface area contributed by atoms with E-state index in [1.165, 1.54) is 12.1 Å². The van der Waals surface area contributed by atoms with E-state index in [2.05, 4.69) is 5.32 Å². The van der Waals surface area contributed by atoms with Crippen LogP contribution in [0.15, 0.2) is 42.5 Å². The van der Waals surface area contributed by atoms with Gasteiger partial charge in [0.05, 0.1) is 0 Å². The first-order chi connectivity index (χ1) is 12.9. The zero-order chi connectivity index (χ0) is 21.1. The van der Waals surface area contributed by atoms with E-state index >= 15 is 0 Å². The Labute approximate surface area is 167 Å². The van der Waals surface area contributed by atoms with Gasteiger partial charge in [-0.15, -0.1) is 0 Å². The molecule has 0 aliphatic carbocycles. The maximum atomic E-state index is 13.6. The molecule has 4 heteroatoms. The monoisotopic (exact) mass is 383 g/mol. The van der Waals surface area contributed by atoms with Crippen LogP contribution < -0.4 is 5.32 Å². The number of hydrogen-bond donors (Lipinski definition) is 2. The standard InChI is InChI=1S/C24H30FNO2/c1-23(2,3)18-13-16(14-19(22(18)28)24(4,5)6)11-12-21(27)26-15-17-9-7-8-10-20(17)25/h7-14,28H,15H2,1-6H3,(H,26,27)/b12-11+. The second-order valence-electron chi connectivity index (χ2n) is 9.11. The molecule has 2 aromatic carbocycles. The van der Waals surface area contributed by atoms with Gasteiger partial charge in [0.25, 0.3) is 0 Å². The van der Waals surface area contributed by atoms with Gasteiger partial charge in [-0.25, -0.2) is 4.39 Å². The highest BCUT2D eigenvalue weighted by atomic mass is 19.1. The Morgan fingerprint density at radius 2 is 1.57 bits per heavy atom. The van der Waals surface area contributed by atoms with Gasteiger partial charge in [-0.1, -0.05) is 59.7 Å². The summed E-state index contributed by atoms with van der Waals surface area (Å²) in [5, 5.41) is 13.5. The molecule has 2 aromatic rings. The van der Waals surface area contributed by atoms with Crippen molar-refractivity contribution in [2.24, 2.45) is 0 Å². The van der Waals surface area contributed by atoms with E-state index in [4.69, 9.17) is 0 Å². The predicted molar refractivity (Wildman–Crippen MR) is 113 cm³/mol. The Hall–Kier alpha value is -2.62. The minimum absolute atomic E-state index is 0.131. The maximum absolute atomic E-state index is 13.6. The Balaban J connectivity index is 2.24. The van der Waals surface area contributed by atoms with Crippen LogP contribution in [0.5, 0.6) is 5.75 Å². The molecule has 1 amide bonds. The normalized spacial score (nSPS) is 12.4. The fourth-order valence-electron chi connectivity index (χ4n) is 2.95. The predicted octanol–water partition coefficient (Wildman–Crippen LogP) is 5.46. The van der Waals surface area contributed by atoms with Crippen molar-refractivity contribution in [3.05, 3.63) is 70.5 Å². The molecular formula is C24H30FNO2. The highest BCUT2D eigenvalue weighted by molar-refractivity contribution is 5.91. The fourth-order valence-corrected chi connectivity index (χ4v) is 2.95. The van der Waals surface area contributed by atoms with Gasteiger partial charge >= 0.3 is 0 Å². The summed E-state index contributed by atoms with van der Waals surface area (Å²) in [4.78, 5) is 12.2. The Bertz CT molecular complexity index is 851. The van der Waals surface area contributed by atoms with Gasteiger partial charge < -0.3 is 10.4 Å². The van der Waals surface area contributed by atoms with Gasteiger partial charge in [-0.05, 0) is 40.7 Å². The molecule has 0 spiro atoms. The molecule has 0 radical (unpaired) electrons. The fraction of sp³-hybridized carbons (Fsp3) is 0.375. The number of phenols is 1. The molecule has 0 heterocycles. The molecule has 28 heavy (non-hydrogen) atoms. The third kappa shape index (κ3) is 5.44. The first-order valence-electron chi connectivity index (χ1n) is 9.47. The van der Waals surface area contributed by atoms with Crippen molar-refractivity contribution in [3.63, 3.8) is 0 Å². The number of rotatable bonds is 4. The molecule has 2 N–H and O–H groups in total. The summed E-state index contributed by atoms with van der Waals surface area (Å²) < 4.78 is 13.6. The average molecular weight is 384 g/mol. The average Bonchev–Trinajstić information content (AvgIpc) is 2.58. The van der Waals surface area contributed by atoms with Crippen LogP contribution in [0.1, 0.15) is 63.8 Å². The zero-order valence-corrected chi connectivity index (χ0v) is 17.6. The maximum Gasteiger partial charge on any atom is 0.244 e. The van der Waals surface area contributed by atoms with Crippen molar-refractivity contribution in [1.29, 1.82) is 0 Å². The minimum Gasteiger partial charge on any atom is -0.507 e. The number of aromatic hydroxyl groups is 1. The second-order valence-corrected chi connectivity index (χ2v) is 9.11. The molecule has 2 rings (SSSR count). The van der Waals surface area contributed by atoms with Crippen molar-refractivity contribution < 1.29 is 14.3 Å². The number of halogens is 1. The third-order valence-corrected chi connectivity index (χ3v) is 4.59. The van der Waals surface area contributed by atoms with Crippen LogP contribution in [0, 0.1) is 5.82 Å². The van der Waals surface area contributed by atoms with E-state index in [-0.39, 0.29) is 29.1 Å². The molecule has 0 bridgehead atoms. The molecule has 0 aliphatic rings. The number of phenolic OH excluding ortho intramolecular Hbond substituents is 1. The molecule has 150 valence electrons. The highest BCUT2D eigenvalue weighted by Gasteiger charge is 2.26. The number of benzene rings is 2. The van der Waals surface area contributed by atoms with Gasteiger partial charge in [0.15, 0.2) is 0 Å². The summed E-state index contributed by atoms with van der Waals surface area (Å²) in [7, 11) is 0. The lowest BCUT2D eigenvalue weighted by molar-refractivity contribution is -0.116. The van der Waals surface area contributed by atoms with E-state index in [0.29, 0.717) is 11.3 Å². The number of amides is 1. The molecule has 3 nitrogen and oxygen atoms in total. The Kier molecular flexibility index (Phi) is 6.33. The Morgan fingerprint density at radius 3 is 2.07 bits per heavy atom. The van der Waals surface area contributed by atoms with Crippen LogP contribution in [-0.4, -0.2) is 11.0 Å². The molecular weight excluding hydrogens is 353 g/mol. The van der Waals surface area contributed by atoms with Gasteiger partial charge in [-0.2, -0.15) is 0 Å². The van der Waals surface area contributed by atoms with Gasteiger partial charge in [0, 0.05) is 29.3 Å². The third-order valence-electron chi connectivity index (χ3n) is 4.59. The largest absolute Gasteiger partial charge is 0.507 e. The lowest BCUT2D eigenvalue weighted by Crippen LogP contribution is -2.21. The van der Waals surface area contributed by atoms with Crippen LogP contribution in [0.4, 0.5) is 4.39 Å². The number of carbonyl (C=O) groups is 1. The van der Waals surface area contributed by atoms with E-state index < -0.39 is 0 Å². The molecule has 0 unspecified atom stereocenters. The van der Waals surface area contributed by atoms with Crippen LogP contribution >= 0.6 is 0 Å². The number of nitrogens with one attached hydrogen (secondary N) is 1. The highest BCUT2D eigenvalue weighted by Crippen LogP contribution is 2.39. The van der Waals surface area contributed by atoms with Crippen molar-refractivity contribution in [2.75, 3.05) is 0 Å². The van der Waals surface area contributed by atoms with Crippen LogP contribution in [-0.2, 0) is 22.2 Å². The summed E-state index contributed by atoms with van der Waals surface area (Å²) >= 11 is 0. The SMILES string of the molecule is CC(C)(C)c1cc(/C=C/C(=O)NCc2ccccc2F)cc(C(C)(C)C)c1O. The Morgan fingerprint density at radius 1 is 1.04 bits per heavy atom. The van der Waals surface area contributed by atoms with E-state index in [1.807, 2.05) is 53.7 Å². The molecule has 0 atom stereocenters. The zero-order valence-electron chi connectivity index (χ0n) is 17.6. The first kappa shape index (κ1) is 21.7. The molecule has 0 saturated carbocycles. The quantitative estimate of drug-likeness (QED) is 0.689. The van der Waals surface area contributed by atoms with Gasteiger partial charge in [0.1, 0.15) is 11.6 Å². The lowest BCUT2D eigenvalue weighted by atomic mass is 9.78. The van der Waals surface area contributed by atoms with Crippen LogP contribution in [0.25, 0.3) is 6.08 Å². The summed E-state index contributed by atoms with van der Waals surface area (Å²) in [5.41, 5.74) is 2.49. The van der Waals surface area contributed by atoms with Crippen molar-refractivity contribution in [2.45, 2.75) is 58.9 Å². The first-order valence-corrected chi connectivity index (χ1v) is 9.47. The topological polar surface area (TPSA) is 49.3 Å². The second kappa shape index (κ2) is 8.17. The van der Waals surface area contributed by atoms with Gasteiger partial charge in [-0.3, -0.25) is 4.79 Å². The van der Waals surface area contributed by atoms with Crippen LogP contribution in [0.3, 0.4) is 0 Å². The number of carbonyl (C=O) groups excluding carboxylic acids is 1. The summed E-state index contributed by atoms with van der Waals surface area (Å²) in [6.45, 7) is 12.4. The summed E-state index contributed by atoms with van der Waals surface area (Å²) in [6.07, 6.45) is 3.16. The van der Waals surface area contributed by atoms with E-state index in [9.17, 15) is 14.3 Å². The molecule has 0 aliphatic heterocycles. The molecule has 0 fully saturated rings. The van der Waals surface area contributed by atoms with E-state index in [1.54, 1.807) is 24.3 Å².